The lowest BCUT2D eigenvalue weighted by molar-refractivity contribution is 0.0878. The van der Waals surface area contributed by atoms with Crippen LogP contribution in [0, 0.1) is 6.92 Å². The Labute approximate surface area is 196 Å². The number of aryl methyl sites for hydroxylation is 1. The van der Waals surface area contributed by atoms with E-state index >= 15 is 0 Å². The number of ether oxygens (including phenoxy) is 1. The number of para-hydroxylation sites is 1. The third-order valence-electron chi connectivity index (χ3n) is 5.96. The molecule has 172 valence electrons. The van der Waals surface area contributed by atoms with Crippen LogP contribution in [-0.2, 0) is 27.7 Å². The molecule has 2 aliphatic heterocycles. The molecule has 2 heterocycles. The van der Waals surface area contributed by atoms with Gasteiger partial charge in [-0.15, -0.1) is 0 Å². The predicted octanol–water partition coefficient (Wildman–Crippen LogP) is 4.88. The van der Waals surface area contributed by atoms with Gasteiger partial charge in [0.2, 0.25) is 10.0 Å². The fourth-order valence-corrected chi connectivity index (χ4v) is 5.80. The van der Waals surface area contributed by atoms with Crippen LogP contribution in [0.15, 0.2) is 83.8 Å². The zero-order valence-corrected chi connectivity index (χ0v) is 19.9. The van der Waals surface area contributed by atoms with E-state index in [0.29, 0.717) is 36.6 Å². The number of anilines is 1. The van der Waals surface area contributed by atoms with E-state index in [-0.39, 0.29) is 6.10 Å². The van der Waals surface area contributed by atoms with E-state index in [0.717, 1.165) is 16.7 Å². The van der Waals surface area contributed by atoms with Crippen molar-refractivity contribution in [1.82, 2.24) is 4.31 Å². The van der Waals surface area contributed by atoms with E-state index in [2.05, 4.69) is 24.4 Å². The number of benzene rings is 3. The highest BCUT2D eigenvalue weighted by molar-refractivity contribution is 7.89. The molecular weight excluding hydrogens is 432 g/mol. The molecule has 5 rings (SSSR count). The highest BCUT2D eigenvalue weighted by Crippen LogP contribution is 2.33. The molecule has 5 nitrogen and oxygen atoms in total. The average molecular weight is 463 g/mol. The Kier molecular flexibility index (Phi) is 7.28. The Hall–Kier alpha value is -2.93. The van der Waals surface area contributed by atoms with Crippen LogP contribution in [-0.4, -0.2) is 39.0 Å². The van der Waals surface area contributed by atoms with Crippen LogP contribution in [0.3, 0.4) is 0 Å². The summed E-state index contributed by atoms with van der Waals surface area (Å²) in [4.78, 5) is 0.327. The van der Waals surface area contributed by atoms with Gasteiger partial charge in [0.05, 0.1) is 11.8 Å². The van der Waals surface area contributed by atoms with Gasteiger partial charge in [0.1, 0.15) is 4.90 Å². The molecule has 1 unspecified atom stereocenters. The highest BCUT2D eigenvalue weighted by atomic mass is 32.2. The second-order valence-electron chi connectivity index (χ2n) is 8.29. The second-order valence-corrected chi connectivity index (χ2v) is 10.2. The number of fused-ring (bicyclic) bond motifs is 2. The second kappa shape index (κ2) is 10.3. The highest BCUT2D eigenvalue weighted by Gasteiger charge is 2.33. The van der Waals surface area contributed by atoms with Gasteiger partial charge in [-0.25, -0.2) is 8.42 Å². The van der Waals surface area contributed by atoms with Crippen LogP contribution >= 0.6 is 0 Å². The summed E-state index contributed by atoms with van der Waals surface area (Å²) in [6.45, 7) is 3.41. The number of sulfonamides is 1. The molecule has 33 heavy (non-hydrogen) atoms. The van der Waals surface area contributed by atoms with Gasteiger partial charge in [0.15, 0.2) is 0 Å². The lowest BCUT2D eigenvalue weighted by Crippen LogP contribution is -2.37. The van der Waals surface area contributed by atoms with Gasteiger partial charge in [-0.3, -0.25) is 0 Å². The molecule has 0 saturated carbocycles. The van der Waals surface area contributed by atoms with Crippen molar-refractivity contribution >= 4 is 21.8 Å². The van der Waals surface area contributed by atoms with Crippen LogP contribution in [0.1, 0.15) is 22.3 Å². The summed E-state index contributed by atoms with van der Waals surface area (Å²) >= 11 is 0. The molecule has 0 aromatic heterocycles. The van der Waals surface area contributed by atoms with E-state index in [1.807, 2.05) is 60.7 Å². The van der Waals surface area contributed by atoms with Crippen molar-refractivity contribution in [1.29, 1.82) is 0 Å². The number of rotatable bonds is 3. The normalized spacial score (nSPS) is 17.6. The summed E-state index contributed by atoms with van der Waals surface area (Å²) in [6.07, 6.45) is 4.50. The molecule has 0 aliphatic carbocycles. The molecule has 3 aromatic carbocycles. The van der Waals surface area contributed by atoms with Crippen LogP contribution in [0.2, 0.25) is 0 Å². The minimum absolute atomic E-state index is 0.166. The summed E-state index contributed by atoms with van der Waals surface area (Å²) in [7, 11) is -2.02. The molecular formula is C27H30N2O3S. The summed E-state index contributed by atoms with van der Waals surface area (Å²) in [5, 5.41) is 3.21. The fraction of sp³-hybridized carbons (Fsp3) is 0.259. The first-order valence-corrected chi connectivity index (χ1v) is 12.6. The Bertz CT molecular complexity index is 1220. The lowest BCUT2D eigenvalue weighted by Gasteiger charge is -2.26. The van der Waals surface area contributed by atoms with Crippen molar-refractivity contribution < 1.29 is 13.2 Å². The van der Waals surface area contributed by atoms with Gasteiger partial charge in [-0.2, -0.15) is 4.31 Å². The number of methoxy groups -OCH3 is 1. The summed E-state index contributed by atoms with van der Waals surface area (Å²) < 4.78 is 34.1. The van der Waals surface area contributed by atoms with Crippen molar-refractivity contribution in [3.63, 3.8) is 0 Å². The molecule has 0 fully saturated rings. The first-order chi connectivity index (χ1) is 16.0. The van der Waals surface area contributed by atoms with Crippen molar-refractivity contribution in [3.8, 4) is 0 Å². The smallest absolute Gasteiger partial charge is 0.245 e. The van der Waals surface area contributed by atoms with Crippen LogP contribution < -0.4 is 5.32 Å². The maximum atomic E-state index is 13.5. The molecule has 2 aliphatic rings. The van der Waals surface area contributed by atoms with E-state index in [9.17, 15) is 8.42 Å². The molecule has 1 atom stereocenters. The minimum Gasteiger partial charge on any atom is -0.380 e. The zero-order chi connectivity index (χ0) is 23.3. The lowest BCUT2D eigenvalue weighted by atomic mass is 10.0. The van der Waals surface area contributed by atoms with Gasteiger partial charge >= 0.3 is 0 Å². The van der Waals surface area contributed by atoms with Crippen LogP contribution in [0.25, 0.3) is 6.08 Å². The van der Waals surface area contributed by atoms with Gasteiger partial charge in [0, 0.05) is 33.2 Å². The monoisotopic (exact) mass is 462 g/mol. The molecule has 1 N–H and O–H groups in total. The number of hydrogen-bond acceptors (Lipinski definition) is 4. The van der Waals surface area contributed by atoms with E-state index in [1.54, 1.807) is 23.5 Å². The van der Waals surface area contributed by atoms with Gasteiger partial charge in [-0.1, -0.05) is 84.4 Å². The molecule has 0 saturated heterocycles. The Morgan fingerprint density at radius 2 is 1.67 bits per heavy atom. The van der Waals surface area contributed by atoms with E-state index < -0.39 is 10.0 Å². The van der Waals surface area contributed by atoms with Crippen molar-refractivity contribution in [2.24, 2.45) is 0 Å². The Morgan fingerprint density at radius 3 is 2.36 bits per heavy atom. The molecule has 6 heteroatoms. The summed E-state index contributed by atoms with van der Waals surface area (Å²) in [6, 6.07) is 23.6. The third kappa shape index (κ3) is 5.36. The standard InChI is InChI=1S/C20H22N2O3S.C7H8/c1-25-18-12-16-6-2-3-7-17(16)13-22(14-18)26(23,24)19-10-4-8-15-9-5-11-21-20(15)19;1-7-5-3-2-4-6-7/h2-10,18,21H,11-14H2,1H3;2-6H,1H3. The summed E-state index contributed by atoms with van der Waals surface area (Å²) in [5.74, 6) is 0. The van der Waals surface area contributed by atoms with Crippen molar-refractivity contribution in [3.05, 3.63) is 101 Å². The first kappa shape index (κ1) is 23.2. The molecule has 0 spiro atoms. The largest absolute Gasteiger partial charge is 0.380 e. The van der Waals surface area contributed by atoms with Gasteiger partial charge < -0.3 is 10.1 Å². The molecule has 0 radical (unpaired) electrons. The number of hydrogen-bond donors (Lipinski definition) is 1. The topological polar surface area (TPSA) is 58.6 Å². The Morgan fingerprint density at radius 1 is 0.939 bits per heavy atom. The predicted molar refractivity (Wildman–Crippen MR) is 134 cm³/mol. The van der Waals surface area contributed by atoms with Crippen LogP contribution in [0.4, 0.5) is 5.69 Å². The fourth-order valence-electron chi connectivity index (χ4n) is 4.15. The first-order valence-electron chi connectivity index (χ1n) is 11.1. The molecule has 3 aromatic rings. The van der Waals surface area contributed by atoms with Gasteiger partial charge in [0.25, 0.3) is 0 Å². The van der Waals surface area contributed by atoms with E-state index in [1.165, 1.54) is 5.56 Å². The Balaban J connectivity index is 0.000000318. The summed E-state index contributed by atoms with van der Waals surface area (Å²) in [5.41, 5.74) is 5.08. The van der Waals surface area contributed by atoms with Crippen LogP contribution in [0.5, 0.6) is 0 Å². The van der Waals surface area contributed by atoms with Crippen molar-refractivity contribution in [2.45, 2.75) is 30.9 Å². The number of nitrogens with one attached hydrogen (secondary N) is 1. The maximum Gasteiger partial charge on any atom is 0.245 e. The average Bonchev–Trinajstić information content (AvgIpc) is 3.04. The van der Waals surface area contributed by atoms with Gasteiger partial charge in [-0.05, 0) is 29.7 Å². The molecule has 0 bridgehead atoms. The quantitative estimate of drug-likeness (QED) is 0.603. The molecule has 0 amide bonds. The third-order valence-corrected chi connectivity index (χ3v) is 7.82. The van der Waals surface area contributed by atoms with E-state index in [4.69, 9.17) is 4.74 Å². The SMILES string of the molecule is COC1Cc2ccccc2CN(S(=O)(=O)c2cccc3c2NCC=C3)C1.Cc1ccccc1. The number of nitrogens with zero attached hydrogens (tertiary/aromatic N) is 1. The zero-order valence-electron chi connectivity index (χ0n) is 19.1. The maximum absolute atomic E-state index is 13.5. The minimum atomic E-state index is -3.66. The van der Waals surface area contributed by atoms with Crippen molar-refractivity contribution in [2.75, 3.05) is 25.5 Å².